The highest BCUT2D eigenvalue weighted by Crippen LogP contribution is 2.30. The molecule has 0 radical (unpaired) electrons. The van der Waals surface area contributed by atoms with Crippen LogP contribution in [-0.4, -0.2) is 28.2 Å². The third-order valence-electron chi connectivity index (χ3n) is 2.99. The number of aromatic carboxylic acids is 1. The van der Waals surface area contributed by atoms with Gasteiger partial charge in [0.1, 0.15) is 17.0 Å². The van der Waals surface area contributed by atoms with Crippen molar-refractivity contribution < 1.29 is 14.6 Å². The fraction of sp³-hybridized carbons (Fsp3) is 0.545. The van der Waals surface area contributed by atoms with E-state index in [2.05, 4.69) is 9.97 Å². The van der Waals surface area contributed by atoms with Gasteiger partial charge in [-0.2, -0.15) is 0 Å². The second-order valence-corrected chi connectivity index (χ2v) is 3.70. The zero-order chi connectivity index (χ0) is 13.1. The number of carbonyl (C=O) groups is 1. The van der Waals surface area contributed by atoms with Crippen LogP contribution in [0.4, 0.5) is 5.82 Å². The van der Waals surface area contributed by atoms with E-state index in [0.29, 0.717) is 18.7 Å². The summed E-state index contributed by atoms with van der Waals surface area (Å²) < 4.78 is 5.45. The summed E-state index contributed by atoms with van der Waals surface area (Å²) in [4.78, 5) is 18.9. The van der Waals surface area contributed by atoms with Crippen LogP contribution < -0.4 is 5.73 Å². The van der Waals surface area contributed by atoms with E-state index in [1.54, 1.807) is 7.11 Å². The van der Waals surface area contributed by atoms with Crippen molar-refractivity contribution in [1.29, 1.82) is 0 Å². The molecular weight excluding hydrogens is 222 g/mol. The predicted octanol–water partition coefficient (Wildman–Crippen LogP) is 1.42. The van der Waals surface area contributed by atoms with Gasteiger partial charge < -0.3 is 15.6 Å². The summed E-state index contributed by atoms with van der Waals surface area (Å²) in [6.07, 6.45) is 2.59. The molecule has 0 saturated carbocycles. The number of methoxy groups -OCH3 is 1. The summed E-state index contributed by atoms with van der Waals surface area (Å²) in [5, 5.41) is 8.84. The molecule has 1 rings (SSSR count). The van der Waals surface area contributed by atoms with Gasteiger partial charge in [0.2, 0.25) is 0 Å². The van der Waals surface area contributed by atoms with Crippen molar-refractivity contribution in [3.63, 3.8) is 0 Å². The molecule has 94 valence electrons. The number of nitrogens with two attached hydrogens (primary N) is 1. The highest BCUT2D eigenvalue weighted by Gasteiger charge is 2.32. The first kappa shape index (κ1) is 13.4. The minimum absolute atomic E-state index is 0.0363. The SMILES string of the molecule is CCC(CC)(OC)c1ncc(C(=O)O)c(N)n1. The molecule has 1 aromatic heterocycles. The Hall–Kier alpha value is -1.69. The Balaban J connectivity index is 3.24. The summed E-state index contributed by atoms with van der Waals surface area (Å²) in [6, 6.07) is 0. The molecular formula is C11H17N3O3. The fourth-order valence-electron chi connectivity index (χ4n) is 1.73. The number of hydrogen-bond acceptors (Lipinski definition) is 5. The molecule has 0 atom stereocenters. The van der Waals surface area contributed by atoms with Crippen molar-refractivity contribution >= 4 is 11.8 Å². The van der Waals surface area contributed by atoms with Gasteiger partial charge in [-0.1, -0.05) is 13.8 Å². The first-order chi connectivity index (χ1) is 8.00. The maximum atomic E-state index is 10.8. The number of carboxylic acid groups (broad SMARTS) is 1. The molecule has 0 amide bonds. The molecule has 0 fully saturated rings. The molecule has 0 saturated heterocycles. The van der Waals surface area contributed by atoms with E-state index in [1.807, 2.05) is 13.8 Å². The van der Waals surface area contributed by atoms with Gasteiger partial charge in [-0.15, -0.1) is 0 Å². The predicted molar refractivity (Wildman–Crippen MR) is 62.7 cm³/mol. The lowest BCUT2D eigenvalue weighted by Crippen LogP contribution is -2.30. The highest BCUT2D eigenvalue weighted by atomic mass is 16.5. The number of nitrogens with zero attached hydrogens (tertiary/aromatic N) is 2. The van der Waals surface area contributed by atoms with E-state index in [1.165, 1.54) is 6.20 Å². The zero-order valence-corrected chi connectivity index (χ0v) is 10.2. The molecule has 0 aliphatic carbocycles. The molecule has 0 aliphatic heterocycles. The van der Waals surface area contributed by atoms with Crippen molar-refractivity contribution in [3.8, 4) is 0 Å². The summed E-state index contributed by atoms with van der Waals surface area (Å²) in [5.41, 5.74) is 4.90. The summed E-state index contributed by atoms with van der Waals surface area (Å²) in [5.74, 6) is -0.747. The lowest BCUT2D eigenvalue weighted by molar-refractivity contribution is -0.0290. The quantitative estimate of drug-likeness (QED) is 0.806. The lowest BCUT2D eigenvalue weighted by Gasteiger charge is -2.28. The van der Waals surface area contributed by atoms with Gasteiger partial charge in [-0.25, -0.2) is 14.8 Å². The number of ether oxygens (including phenoxy) is 1. The Kier molecular flexibility index (Phi) is 4.01. The van der Waals surface area contributed by atoms with Crippen LogP contribution in [0.5, 0.6) is 0 Å². The standard InChI is InChI=1S/C11H17N3O3/c1-4-11(5-2,17-3)10-13-6-7(9(15)16)8(12)14-10/h6H,4-5H2,1-3H3,(H,15,16)(H2,12,13,14). The van der Waals surface area contributed by atoms with Crippen LogP contribution >= 0.6 is 0 Å². The van der Waals surface area contributed by atoms with Gasteiger partial charge in [0, 0.05) is 13.3 Å². The Labute approximate surface area is 99.8 Å². The number of hydrogen-bond donors (Lipinski definition) is 2. The largest absolute Gasteiger partial charge is 0.477 e. The van der Waals surface area contributed by atoms with Crippen molar-refractivity contribution in [2.75, 3.05) is 12.8 Å². The first-order valence-electron chi connectivity index (χ1n) is 5.42. The Bertz CT molecular complexity index is 408. The van der Waals surface area contributed by atoms with Crippen molar-refractivity contribution in [2.24, 2.45) is 0 Å². The van der Waals surface area contributed by atoms with Crippen LogP contribution in [0.15, 0.2) is 6.20 Å². The van der Waals surface area contributed by atoms with E-state index < -0.39 is 11.6 Å². The van der Waals surface area contributed by atoms with Gasteiger partial charge in [0.25, 0.3) is 0 Å². The Morgan fingerprint density at radius 2 is 2.12 bits per heavy atom. The zero-order valence-electron chi connectivity index (χ0n) is 10.2. The van der Waals surface area contributed by atoms with Gasteiger partial charge in [0.15, 0.2) is 5.82 Å². The normalized spacial score (nSPS) is 11.5. The topological polar surface area (TPSA) is 98.3 Å². The summed E-state index contributed by atoms with van der Waals surface area (Å²) in [6.45, 7) is 3.91. The van der Waals surface area contributed by atoms with Crippen molar-refractivity contribution in [3.05, 3.63) is 17.6 Å². The first-order valence-corrected chi connectivity index (χ1v) is 5.42. The van der Waals surface area contributed by atoms with Gasteiger partial charge in [-0.05, 0) is 12.8 Å². The van der Waals surface area contributed by atoms with Gasteiger partial charge >= 0.3 is 5.97 Å². The molecule has 0 spiro atoms. The fourth-order valence-corrected chi connectivity index (χ4v) is 1.73. The molecule has 6 nitrogen and oxygen atoms in total. The monoisotopic (exact) mass is 239 g/mol. The molecule has 0 bridgehead atoms. The van der Waals surface area contributed by atoms with Crippen LogP contribution in [0.1, 0.15) is 42.9 Å². The second-order valence-electron chi connectivity index (χ2n) is 3.70. The van der Waals surface area contributed by atoms with E-state index in [-0.39, 0.29) is 11.4 Å². The number of anilines is 1. The van der Waals surface area contributed by atoms with E-state index in [4.69, 9.17) is 15.6 Å². The van der Waals surface area contributed by atoms with Crippen molar-refractivity contribution in [1.82, 2.24) is 9.97 Å². The van der Waals surface area contributed by atoms with E-state index in [0.717, 1.165) is 0 Å². The third-order valence-corrected chi connectivity index (χ3v) is 2.99. The average Bonchev–Trinajstić information content (AvgIpc) is 2.32. The highest BCUT2D eigenvalue weighted by molar-refractivity contribution is 5.92. The number of rotatable bonds is 5. The summed E-state index contributed by atoms with van der Waals surface area (Å²) in [7, 11) is 1.58. The minimum Gasteiger partial charge on any atom is -0.477 e. The summed E-state index contributed by atoms with van der Waals surface area (Å²) >= 11 is 0. The maximum Gasteiger partial charge on any atom is 0.341 e. The number of nitrogen functional groups attached to an aromatic ring is 1. The van der Waals surface area contributed by atoms with Gasteiger partial charge in [0.05, 0.1) is 0 Å². The number of aromatic nitrogens is 2. The molecule has 0 aliphatic rings. The number of carboxylic acids is 1. The Morgan fingerprint density at radius 1 is 1.53 bits per heavy atom. The molecule has 17 heavy (non-hydrogen) atoms. The van der Waals surface area contributed by atoms with Crippen LogP contribution in [0, 0.1) is 0 Å². The smallest absolute Gasteiger partial charge is 0.341 e. The minimum atomic E-state index is -1.13. The van der Waals surface area contributed by atoms with E-state index >= 15 is 0 Å². The molecule has 0 aromatic carbocycles. The molecule has 6 heteroatoms. The maximum absolute atomic E-state index is 10.8. The average molecular weight is 239 g/mol. The van der Waals surface area contributed by atoms with E-state index in [9.17, 15) is 4.79 Å². The molecule has 1 aromatic rings. The third kappa shape index (κ3) is 2.36. The Morgan fingerprint density at radius 3 is 2.47 bits per heavy atom. The van der Waals surface area contributed by atoms with Crippen LogP contribution in [-0.2, 0) is 10.3 Å². The van der Waals surface area contributed by atoms with Gasteiger partial charge in [-0.3, -0.25) is 0 Å². The van der Waals surface area contributed by atoms with Crippen molar-refractivity contribution in [2.45, 2.75) is 32.3 Å². The second kappa shape index (κ2) is 5.09. The van der Waals surface area contributed by atoms with Crippen LogP contribution in [0.25, 0.3) is 0 Å². The van der Waals surface area contributed by atoms with Crippen LogP contribution in [0.2, 0.25) is 0 Å². The lowest BCUT2D eigenvalue weighted by atomic mass is 9.96. The molecule has 3 N–H and O–H groups in total. The van der Waals surface area contributed by atoms with Crippen LogP contribution in [0.3, 0.4) is 0 Å². The molecule has 1 heterocycles. The molecule has 0 unspecified atom stereocenters.